The molecule has 2 atom stereocenters. The van der Waals surface area contributed by atoms with Gasteiger partial charge in [0.25, 0.3) is 15.9 Å². The number of carbonyl (C=O) groups is 3. The van der Waals surface area contributed by atoms with Crippen LogP contribution in [0.25, 0.3) is 0 Å². The number of rotatable bonds is 6. The number of likely N-dealkylation sites (tertiary alicyclic amines) is 1. The fraction of sp³-hybridized carbons (Fsp3) is 0.500. The number of amides is 3. The van der Waals surface area contributed by atoms with Crippen molar-refractivity contribution in [3.8, 4) is 0 Å². The van der Waals surface area contributed by atoms with Gasteiger partial charge in [-0.3, -0.25) is 14.5 Å². The van der Waals surface area contributed by atoms with Gasteiger partial charge in [0.15, 0.2) is 5.03 Å². The fourth-order valence-electron chi connectivity index (χ4n) is 5.39. The zero-order chi connectivity index (χ0) is 28.2. The molecule has 3 amide bonds. The van der Waals surface area contributed by atoms with Crippen molar-refractivity contribution in [2.24, 2.45) is 11.8 Å². The Morgan fingerprint density at radius 1 is 0.974 bits per heavy atom. The molecule has 1 saturated carbocycles. The molecule has 210 valence electrons. The molecule has 1 aliphatic heterocycles. The van der Waals surface area contributed by atoms with Crippen LogP contribution in [0.15, 0.2) is 53.7 Å². The average Bonchev–Trinajstić information content (AvgIpc) is 3.35. The van der Waals surface area contributed by atoms with Crippen molar-refractivity contribution >= 4 is 33.6 Å². The van der Waals surface area contributed by atoms with E-state index >= 15 is 0 Å². The summed E-state index contributed by atoms with van der Waals surface area (Å²) in [7, 11) is -4.12. The maximum atomic E-state index is 13.6. The molecular formula is C28H36N4O6S. The molecule has 0 bridgehead atoms. The third-order valence-electron chi connectivity index (χ3n) is 7.15. The van der Waals surface area contributed by atoms with Crippen LogP contribution in [0.4, 0.5) is 10.5 Å². The highest BCUT2D eigenvalue weighted by atomic mass is 32.2. The van der Waals surface area contributed by atoms with Gasteiger partial charge < -0.3 is 10.1 Å². The molecule has 2 aliphatic rings. The van der Waals surface area contributed by atoms with Crippen molar-refractivity contribution in [1.82, 2.24) is 14.6 Å². The minimum atomic E-state index is -4.12. The van der Waals surface area contributed by atoms with Gasteiger partial charge in [-0.1, -0.05) is 38.2 Å². The molecule has 4 rings (SSSR count). The van der Waals surface area contributed by atoms with E-state index in [0.29, 0.717) is 18.2 Å². The Morgan fingerprint density at radius 3 is 2.28 bits per heavy atom. The molecule has 10 nitrogen and oxygen atoms in total. The summed E-state index contributed by atoms with van der Waals surface area (Å²) in [4.78, 5) is 44.5. The molecule has 1 saturated heterocycles. The quantitative estimate of drug-likeness (QED) is 0.540. The number of pyridine rings is 1. The maximum Gasteiger partial charge on any atom is 0.410 e. The molecule has 2 fully saturated rings. The standard InChI is InChI=1S/C28H36N4O6S/c1-28(2,3)38-27(35)32-18-16-22(19-9-5-4-6-10-19)24(32)26(34)30-21-14-12-20(13-15-21)25(33)31-39(36,37)23-11-7-8-17-29-23/h7-8,11-15,17,19,22,24H,4-6,9-10,16,18H2,1-3H3,(H,30,34)(H,31,33)/t22-,24-/m0/s1. The van der Waals surface area contributed by atoms with E-state index in [4.69, 9.17) is 4.74 Å². The van der Waals surface area contributed by atoms with E-state index in [1.165, 1.54) is 49.0 Å². The predicted molar refractivity (Wildman–Crippen MR) is 145 cm³/mol. The lowest BCUT2D eigenvalue weighted by Gasteiger charge is -2.34. The molecule has 2 aromatic rings. The summed E-state index contributed by atoms with van der Waals surface area (Å²) in [5.74, 6) is -0.708. The Labute approximate surface area is 229 Å². The minimum Gasteiger partial charge on any atom is -0.444 e. The highest BCUT2D eigenvalue weighted by Crippen LogP contribution is 2.39. The van der Waals surface area contributed by atoms with E-state index in [1.54, 1.807) is 31.7 Å². The molecule has 0 radical (unpaired) electrons. The van der Waals surface area contributed by atoms with Crippen LogP contribution < -0.4 is 10.0 Å². The molecule has 2 heterocycles. The lowest BCUT2D eigenvalue weighted by atomic mass is 9.76. The van der Waals surface area contributed by atoms with Crippen LogP contribution in [0.2, 0.25) is 0 Å². The summed E-state index contributed by atoms with van der Waals surface area (Å²) in [5.41, 5.74) is -0.145. The lowest BCUT2D eigenvalue weighted by molar-refractivity contribution is -0.122. The average molecular weight is 557 g/mol. The first-order valence-corrected chi connectivity index (χ1v) is 14.8. The van der Waals surface area contributed by atoms with Gasteiger partial charge in [-0.15, -0.1) is 0 Å². The largest absolute Gasteiger partial charge is 0.444 e. The van der Waals surface area contributed by atoms with E-state index in [0.717, 1.165) is 32.1 Å². The van der Waals surface area contributed by atoms with Crippen LogP contribution in [0, 0.1) is 11.8 Å². The van der Waals surface area contributed by atoms with Crippen molar-refractivity contribution in [3.63, 3.8) is 0 Å². The summed E-state index contributed by atoms with van der Waals surface area (Å²) >= 11 is 0. The summed E-state index contributed by atoms with van der Waals surface area (Å²) in [6.07, 6.45) is 7.10. The van der Waals surface area contributed by atoms with E-state index in [9.17, 15) is 22.8 Å². The molecular weight excluding hydrogens is 520 g/mol. The number of anilines is 1. The molecule has 1 aromatic carbocycles. The van der Waals surface area contributed by atoms with Gasteiger partial charge in [-0.05, 0) is 75.4 Å². The van der Waals surface area contributed by atoms with Crippen LogP contribution in [-0.4, -0.2) is 54.4 Å². The zero-order valence-corrected chi connectivity index (χ0v) is 23.4. The lowest BCUT2D eigenvalue weighted by Crippen LogP contribution is -2.49. The number of carbonyl (C=O) groups excluding carboxylic acids is 3. The first-order valence-electron chi connectivity index (χ1n) is 13.3. The normalized spacial score (nSPS) is 20.3. The molecule has 1 aliphatic carbocycles. The third-order valence-corrected chi connectivity index (χ3v) is 8.40. The Morgan fingerprint density at radius 2 is 1.67 bits per heavy atom. The van der Waals surface area contributed by atoms with Gasteiger partial charge in [0.2, 0.25) is 5.91 Å². The van der Waals surface area contributed by atoms with Crippen molar-refractivity contribution in [2.75, 3.05) is 11.9 Å². The number of nitrogens with zero attached hydrogens (tertiary/aromatic N) is 2. The van der Waals surface area contributed by atoms with Crippen LogP contribution in [0.3, 0.4) is 0 Å². The minimum absolute atomic E-state index is 0.0414. The van der Waals surface area contributed by atoms with Crippen LogP contribution in [0.1, 0.15) is 69.7 Å². The Kier molecular flexibility index (Phi) is 8.58. The number of nitrogens with one attached hydrogen (secondary N) is 2. The van der Waals surface area contributed by atoms with E-state index in [1.807, 2.05) is 4.72 Å². The van der Waals surface area contributed by atoms with Gasteiger partial charge >= 0.3 is 6.09 Å². The number of ether oxygens (including phenoxy) is 1. The van der Waals surface area contributed by atoms with Crippen LogP contribution >= 0.6 is 0 Å². The SMILES string of the molecule is CC(C)(C)OC(=O)N1CC[C@@H](C2CCCCC2)[C@H]1C(=O)Nc1ccc(C(=O)NS(=O)(=O)c2ccccn2)cc1. The second-order valence-corrected chi connectivity index (χ2v) is 12.8. The van der Waals surface area contributed by atoms with Gasteiger partial charge in [0.1, 0.15) is 11.6 Å². The first kappa shape index (κ1) is 28.5. The first-order chi connectivity index (χ1) is 18.4. The fourth-order valence-corrected chi connectivity index (χ4v) is 6.32. The van der Waals surface area contributed by atoms with Crippen molar-refractivity contribution in [1.29, 1.82) is 0 Å². The molecule has 1 aromatic heterocycles. The van der Waals surface area contributed by atoms with E-state index < -0.39 is 33.7 Å². The molecule has 39 heavy (non-hydrogen) atoms. The molecule has 0 spiro atoms. The van der Waals surface area contributed by atoms with Gasteiger partial charge in [0.05, 0.1) is 0 Å². The predicted octanol–water partition coefficient (Wildman–Crippen LogP) is 4.34. The van der Waals surface area contributed by atoms with Crippen LogP contribution in [-0.2, 0) is 19.6 Å². The Bertz CT molecular complexity index is 1290. The van der Waals surface area contributed by atoms with Crippen LogP contribution in [0.5, 0.6) is 0 Å². The summed E-state index contributed by atoms with van der Waals surface area (Å²) in [6.45, 7) is 5.86. The monoisotopic (exact) mass is 556 g/mol. The summed E-state index contributed by atoms with van der Waals surface area (Å²) in [6, 6.07) is 9.63. The topological polar surface area (TPSA) is 135 Å². The number of sulfonamides is 1. The van der Waals surface area contributed by atoms with E-state index in [-0.39, 0.29) is 22.4 Å². The van der Waals surface area contributed by atoms with Gasteiger partial charge in [-0.2, -0.15) is 8.42 Å². The van der Waals surface area contributed by atoms with E-state index in [2.05, 4.69) is 10.3 Å². The second-order valence-electron chi connectivity index (χ2n) is 11.1. The summed E-state index contributed by atoms with van der Waals surface area (Å²) < 4.78 is 32.4. The number of hydrogen-bond donors (Lipinski definition) is 2. The van der Waals surface area contributed by atoms with Crippen molar-refractivity contribution in [3.05, 3.63) is 54.2 Å². The molecule has 0 unspecified atom stereocenters. The summed E-state index contributed by atoms with van der Waals surface area (Å²) in [5, 5.41) is 2.63. The van der Waals surface area contributed by atoms with Crippen molar-refractivity contribution in [2.45, 2.75) is 76.0 Å². The maximum absolute atomic E-state index is 13.6. The Balaban J connectivity index is 1.47. The zero-order valence-electron chi connectivity index (χ0n) is 22.6. The Hall–Kier alpha value is -3.47. The number of hydrogen-bond acceptors (Lipinski definition) is 7. The molecule has 2 N–H and O–H groups in total. The van der Waals surface area contributed by atoms with Crippen molar-refractivity contribution < 1.29 is 27.5 Å². The third kappa shape index (κ3) is 7.14. The van der Waals surface area contributed by atoms with Gasteiger partial charge in [-0.25, -0.2) is 14.5 Å². The second kappa shape index (κ2) is 11.7. The molecule has 11 heteroatoms. The highest BCUT2D eigenvalue weighted by Gasteiger charge is 2.46. The highest BCUT2D eigenvalue weighted by molar-refractivity contribution is 7.90. The number of benzene rings is 1. The van der Waals surface area contributed by atoms with Gasteiger partial charge in [0, 0.05) is 24.0 Å². The number of aromatic nitrogens is 1. The smallest absolute Gasteiger partial charge is 0.410 e.